The van der Waals surface area contributed by atoms with Crippen LogP contribution in [0.2, 0.25) is 0 Å². The van der Waals surface area contributed by atoms with Crippen molar-refractivity contribution in [2.45, 2.75) is 53.2 Å². The molecule has 2 amide bonds. The summed E-state index contributed by atoms with van der Waals surface area (Å²) in [5, 5.41) is 18.9. The molecule has 1 aliphatic heterocycles. The van der Waals surface area contributed by atoms with E-state index in [1.54, 1.807) is 20.8 Å². The molecule has 1 saturated heterocycles. The molecule has 0 unspecified atom stereocenters. The van der Waals surface area contributed by atoms with Crippen LogP contribution < -0.4 is 0 Å². The normalized spacial score (nSPS) is 20.3. The minimum atomic E-state index is -1.19. The third-order valence-electron chi connectivity index (χ3n) is 4.35. The highest BCUT2D eigenvalue weighted by atomic mass is 16.5. The quantitative estimate of drug-likeness (QED) is 0.621. The topological polar surface area (TPSA) is 124 Å². The van der Waals surface area contributed by atoms with Gasteiger partial charge in [0.15, 0.2) is 0 Å². The van der Waals surface area contributed by atoms with Crippen molar-refractivity contribution in [3.05, 3.63) is 0 Å². The highest BCUT2D eigenvalue weighted by molar-refractivity contribution is 5.88. The number of likely N-dealkylation sites (N-methyl/N-ethyl adjacent to an activating group) is 1. The minimum absolute atomic E-state index is 0.0311. The third kappa shape index (κ3) is 5.92. The Kier molecular flexibility index (Phi) is 6.99. The average Bonchev–Trinajstić information content (AvgIpc) is 2.92. The van der Waals surface area contributed by atoms with Crippen molar-refractivity contribution >= 4 is 23.8 Å². The van der Waals surface area contributed by atoms with Crippen molar-refractivity contribution in [3.63, 3.8) is 0 Å². The number of amides is 2. The number of carbonyl (C=O) groups is 4. The Balaban J connectivity index is 2.67. The van der Waals surface area contributed by atoms with E-state index in [0.29, 0.717) is 0 Å². The first-order valence-corrected chi connectivity index (χ1v) is 8.80. The average molecular weight is 386 g/mol. The van der Waals surface area contributed by atoms with Crippen molar-refractivity contribution < 1.29 is 34.1 Å². The first-order valence-electron chi connectivity index (χ1n) is 8.80. The van der Waals surface area contributed by atoms with Crippen LogP contribution in [0.3, 0.4) is 0 Å². The number of carbonyl (C=O) groups excluding carboxylic acids is 3. The molecular formula is C18H30N2O7. The van der Waals surface area contributed by atoms with Gasteiger partial charge in [-0.3, -0.25) is 14.4 Å². The number of aliphatic carboxylic acids is 1. The van der Waals surface area contributed by atoms with E-state index in [1.807, 2.05) is 0 Å². The van der Waals surface area contributed by atoms with Crippen LogP contribution in [0, 0.1) is 10.8 Å². The molecule has 2 N–H and O–H groups in total. The first-order chi connectivity index (χ1) is 12.2. The Bertz CT molecular complexity index is 609. The second-order valence-corrected chi connectivity index (χ2v) is 8.66. The Morgan fingerprint density at radius 3 is 2.19 bits per heavy atom. The van der Waals surface area contributed by atoms with Crippen molar-refractivity contribution in [2.24, 2.45) is 10.8 Å². The van der Waals surface area contributed by atoms with Crippen LogP contribution in [0.5, 0.6) is 0 Å². The highest BCUT2D eigenvalue weighted by Crippen LogP contribution is 2.27. The summed E-state index contributed by atoms with van der Waals surface area (Å²) in [6.45, 7) is 7.71. The molecule has 0 radical (unpaired) electrons. The first kappa shape index (κ1) is 22.9. The van der Waals surface area contributed by atoms with Crippen LogP contribution in [0.4, 0.5) is 0 Å². The van der Waals surface area contributed by atoms with Crippen LogP contribution in [-0.4, -0.2) is 82.7 Å². The van der Waals surface area contributed by atoms with E-state index < -0.39 is 40.8 Å². The van der Waals surface area contributed by atoms with E-state index in [-0.39, 0.29) is 32.0 Å². The van der Waals surface area contributed by atoms with Gasteiger partial charge < -0.3 is 24.7 Å². The minimum Gasteiger partial charge on any atom is -0.480 e. The van der Waals surface area contributed by atoms with Gasteiger partial charge in [-0.15, -0.1) is 0 Å². The second-order valence-electron chi connectivity index (χ2n) is 8.66. The molecule has 154 valence electrons. The van der Waals surface area contributed by atoms with E-state index in [2.05, 4.69) is 0 Å². The summed E-state index contributed by atoms with van der Waals surface area (Å²) >= 11 is 0. The number of β-amino-alcohol motifs (C(OH)–C–C–N with tert-alkyl or cyclic N) is 1. The van der Waals surface area contributed by atoms with Gasteiger partial charge in [0.1, 0.15) is 19.2 Å². The van der Waals surface area contributed by atoms with Gasteiger partial charge in [-0.05, 0) is 13.8 Å². The fourth-order valence-corrected chi connectivity index (χ4v) is 2.87. The molecule has 1 heterocycles. The highest BCUT2D eigenvalue weighted by Gasteiger charge is 2.44. The summed E-state index contributed by atoms with van der Waals surface area (Å²) in [6.07, 6.45) is -0.929. The lowest BCUT2D eigenvalue weighted by atomic mass is 9.92. The third-order valence-corrected chi connectivity index (χ3v) is 4.35. The molecule has 0 spiro atoms. The van der Waals surface area contributed by atoms with E-state index >= 15 is 0 Å². The number of hydrogen-bond donors (Lipinski definition) is 2. The summed E-state index contributed by atoms with van der Waals surface area (Å²) < 4.78 is 5.15. The van der Waals surface area contributed by atoms with E-state index in [9.17, 15) is 29.4 Å². The molecule has 0 aliphatic carbocycles. The standard InChI is InChI=1S/C18H30N2O7/c1-17(2,3)15(25)19(6)9-13(22)27-10-18(4,5)16(26)20-8-11(21)7-12(20)14(23)24/h11-12,21H,7-10H2,1-6H3,(H,23,24)/t11-,12-/m0/s1. The molecule has 0 saturated carbocycles. The number of esters is 1. The second kappa shape index (κ2) is 8.24. The summed E-state index contributed by atoms with van der Waals surface area (Å²) in [6, 6.07) is -1.10. The summed E-state index contributed by atoms with van der Waals surface area (Å²) in [4.78, 5) is 50.5. The molecule has 0 aromatic carbocycles. The molecule has 1 aliphatic rings. The molecule has 0 bridgehead atoms. The summed E-state index contributed by atoms with van der Waals surface area (Å²) in [5.41, 5.74) is -1.80. The Morgan fingerprint density at radius 1 is 1.15 bits per heavy atom. The van der Waals surface area contributed by atoms with Gasteiger partial charge in [-0.2, -0.15) is 0 Å². The zero-order valence-electron chi connectivity index (χ0n) is 16.8. The predicted molar refractivity (Wildman–Crippen MR) is 95.6 cm³/mol. The fraction of sp³-hybridized carbons (Fsp3) is 0.778. The summed E-state index contributed by atoms with van der Waals surface area (Å²) in [5.74, 6) is -2.58. The largest absolute Gasteiger partial charge is 0.480 e. The van der Waals surface area contributed by atoms with Crippen molar-refractivity contribution in [1.82, 2.24) is 9.80 Å². The lowest BCUT2D eigenvalue weighted by molar-refractivity contribution is -0.160. The number of aliphatic hydroxyl groups excluding tert-OH is 1. The molecule has 9 heteroatoms. The van der Waals surface area contributed by atoms with Crippen LogP contribution in [0.25, 0.3) is 0 Å². The van der Waals surface area contributed by atoms with Gasteiger partial charge in [0, 0.05) is 25.4 Å². The number of carboxylic acids is 1. The lowest BCUT2D eigenvalue weighted by Gasteiger charge is -2.31. The number of nitrogens with zero attached hydrogens (tertiary/aromatic N) is 2. The smallest absolute Gasteiger partial charge is 0.326 e. The van der Waals surface area contributed by atoms with E-state index in [4.69, 9.17) is 4.74 Å². The lowest BCUT2D eigenvalue weighted by Crippen LogP contribution is -2.49. The fourth-order valence-electron chi connectivity index (χ4n) is 2.87. The zero-order valence-corrected chi connectivity index (χ0v) is 16.8. The number of rotatable bonds is 6. The molecular weight excluding hydrogens is 356 g/mol. The van der Waals surface area contributed by atoms with Gasteiger partial charge >= 0.3 is 11.9 Å². The predicted octanol–water partition coefficient (Wildman–Crippen LogP) is 0.107. The number of aliphatic hydroxyl groups is 1. The Labute approximate surface area is 159 Å². The van der Waals surface area contributed by atoms with Gasteiger partial charge in [-0.25, -0.2) is 4.79 Å². The van der Waals surface area contributed by atoms with Crippen LogP contribution >= 0.6 is 0 Å². The van der Waals surface area contributed by atoms with Crippen LogP contribution in [-0.2, 0) is 23.9 Å². The van der Waals surface area contributed by atoms with Gasteiger partial charge in [-0.1, -0.05) is 20.8 Å². The van der Waals surface area contributed by atoms with E-state index in [0.717, 1.165) is 4.90 Å². The van der Waals surface area contributed by atoms with E-state index in [1.165, 1.54) is 25.8 Å². The molecule has 1 rings (SSSR count). The molecule has 0 aromatic rings. The molecule has 9 nitrogen and oxygen atoms in total. The van der Waals surface area contributed by atoms with Crippen molar-refractivity contribution in [3.8, 4) is 0 Å². The van der Waals surface area contributed by atoms with Crippen LogP contribution in [0.1, 0.15) is 41.0 Å². The Morgan fingerprint density at radius 2 is 1.70 bits per heavy atom. The molecule has 0 aromatic heterocycles. The van der Waals surface area contributed by atoms with Crippen molar-refractivity contribution in [1.29, 1.82) is 0 Å². The number of likely N-dealkylation sites (tertiary alicyclic amines) is 1. The molecule has 27 heavy (non-hydrogen) atoms. The van der Waals surface area contributed by atoms with Crippen molar-refractivity contribution in [2.75, 3.05) is 26.7 Å². The molecule has 2 atom stereocenters. The van der Waals surface area contributed by atoms with Crippen LogP contribution in [0.15, 0.2) is 0 Å². The Hall–Kier alpha value is -2.16. The van der Waals surface area contributed by atoms with Gasteiger partial charge in [0.2, 0.25) is 11.8 Å². The zero-order chi connectivity index (χ0) is 21.2. The summed E-state index contributed by atoms with van der Waals surface area (Å²) in [7, 11) is 1.49. The van der Waals surface area contributed by atoms with Gasteiger partial charge in [0.05, 0.1) is 11.5 Å². The maximum Gasteiger partial charge on any atom is 0.326 e. The molecule has 1 fully saturated rings. The monoisotopic (exact) mass is 386 g/mol. The maximum absolute atomic E-state index is 12.7. The maximum atomic E-state index is 12.7. The SMILES string of the molecule is CN(CC(=O)OCC(C)(C)C(=O)N1C[C@@H](O)C[C@H]1C(=O)O)C(=O)C(C)(C)C. The van der Waals surface area contributed by atoms with Gasteiger partial charge in [0.25, 0.3) is 0 Å². The number of carboxylic acid groups (broad SMARTS) is 1. The number of hydrogen-bond acceptors (Lipinski definition) is 6. The number of ether oxygens (including phenoxy) is 1.